The second-order valence-corrected chi connectivity index (χ2v) is 20.9. The molecule has 0 unspecified atom stereocenters. The fourth-order valence-corrected chi connectivity index (χ4v) is 15.1. The molecule has 0 aliphatic heterocycles. The van der Waals surface area contributed by atoms with Crippen LogP contribution in [0, 0.1) is 6.08 Å². The average Bonchev–Trinajstić information content (AvgIpc) is 3.91. The quantitative estimate of drug-likeness (QED) is 0.0688. The number of halogens is 3. The molecule has 0 nitrogen and oxygen atoms in total. The summed E-state index contributed by atoms with van der Waals surface area (Å²) in [4.78, 5) is 0. The summed E-state index contributed by atoms with van der Waals surface area (Å²) in [5, 5.41) is 5.31. The van der Waals surface area contributed by atoms with Gasteiger partial charge in [0.1, 0.15) is 8.07 Å². The first-order chi connectivity index (χ1) is 32.7. The van der Waals surface area contributed by atoms with Crippen molar-refractivity contribution in [3.8, 4) is 66.8 Å². The van der Waals surface area contributed by atoms with E-state index in [4.69, 9.17) is 0 Å². The number of allylic oxidation sites excluding steroid dienone is 4. The van der Waals surface area contributed by atoms with Gasteiger partial charge in [0, 0.05) is 21.7 Å². The second-order valence-electron chi connectivity index (χ2n) is 17.1. The van der Waals surface area contributed by atoms with E-state index in [2.05, 4.69) is 279 Å². The van der Waals surface area contributed by atoms with E-state index in [9.17, 15) is 0 Å². The van der Waals surface area contributed by atoms with Gasteiger partial charge in [-0.2, -0.15) is 11.6 Å². The van der Waals surface area contributed by atoms with Crippen molar-refractivity contribution in [2.24, 2.45) is 0 Å². The average molecular weight is 1010 g/mol. The van der Waals surface area contributed by atoms with Gasteiger partial charge in [-0.15, -0.1) is 66.2 Å². The molecule has 0 aromatic heterocycles. The normalized spacial score (nSPS) is 11.7. The minimum atomic E-state index is -3.46. The first-order valence-electron chi connectivity index (χ1n) is 22.9. The molecule has 5 heteroatoms. The summed E-state index contributed by atoms with van der Waals surface area (Å²) in [5.41, 5.74) is 16.7. The molecular formula is C65H50Cl3SiTi-. The third-order valence-corrected chi connectivity index (χ3v) is 17.8. The Labute approximate surface area is 447 Å². The molecule has 10 aromatic carbocycles. The molecule has 0 atom stereocenters. The van der Waals surface area contributed by atoms with E-state index in [-0.39, 0.29) is 58.9 Å². The maximum Gasteiger partial charge on any atom is 0.123 e. The molecule has 340 valence electrons. The zero-order valence-corrected chi connectivity index (χ0v) is 43.4. The first kappa shape index (κ1) is 51.3. The Kier molecular flexibility index (Phi) is 17.2. The van der Waals surface area contributed by atoms with Gasteiger partial charge in [-0.3, -0.25) is 0 Å². The number of hydrogen-bond donors (Lipinski definition) is 0. The molecule has 0 N–H and O–H groups in total. The van der Waals surface area contributed by atoms with E-state index in [1.807, 2.05) is 0 Å². The fraction of sp³-hybridized carbons (Fsp3) is 0.0154. The van der Waals surface area contributed by atoms with Crippen LogP contribution in [-0.2, 0) is 21.7 Å². The number of rotatable bonds is 11. The minimum Gasteiger partial charge on any atom is -0.197 e. The Morgan fingerprint density at radius 1 is 0.257 bits per heavy atom. The SMILES string of the molecule is Cl.Cl.Cl.[C-]1=C(c2ccccc2)C([Si](c2cc(-c3ccccc3)cc(-c3ccccc3)c2)(c2cc(-c3ccccc3)cc(-c3ccccc3)c2)c2cc(-c3ccccc3)cc(-c3ccccc3)c2)=CC1.[Ti]. The predicted octanol–water partition coefficient (Wildman–Crippen LogP) is 16.2. The van der Waals surface area contributed by atoms with Crippen molar-refractivity contribution in [2.75, 3.05) is 0 Å². The van der Waals surface area contributed by atoms with Crippen molar-refractivity contribution in [1.82, 2.24) is 0 Å². The van der Waals surface area contributed by atoms with Gasteiger partial charge in [-0.1, -0.05) is 259 Å². The minimum absolute atomic E-state index is 0. The summed E-state index contributed by atoms with van der Waals surface area (Å²) in [6.07, 6.45) is 7.22. The molecule has 0 radical (unpaired) electrons. The van der Waals surface area contributed by atoms with Crippen LogP contribution in [0.15, 0.2) is 278 Å². The monoisotopic (exact) mass is 1010 g/mol. The Morgan fingerprint density at radius 2 is 0.471 bits per heavy atom. The Morgan fingerprint density at radius 3 is 0.700 bits per heavy atom. The van der Waals surface area contributed by atoms with Gasteiger partial charge >= 0.3 is 0 Å². The maximum absolute atomic E-state index is 3.97. The van der Waals surface area contributed by atoms with E-state index in [1.165, 1.54) is 98.7 Å². The maximum atomic E-state index is 3.97. The Balaban J connectivity index is 0.00000180. The molecule has 1 aliphatic carbocycles. The number of benzene rings is 10. The molecule has 0 amide bonds. The topological polar surface area (TPSA) is 0 Å². The van der Waals surface area contributed by atoms with E-state index < -0.39 is 8.07 Å². The zero-order valence-electron chi connectivity index (χ0n) is 38.4. The van der Waals surface area contributed by atoms with Crippen LogP contribution in [0.25, 0.3) is 72.3 Å². The van der Waals surface area contributed by atoms with Crippen LogP contribution in [0.1, 0.15) is 12.0 Å². The molecule has 0 saturated carbocycles. The van der Waals surface area contributed by atoms with Gasteiger partial charge in [0.2, 0.25) is 0 Å². The summed E-state index contributed by atoms with van der Waals surface area (Å²) in [6, 6.07) is 98.9. The van der Waals surface area contributed by atoms with E-state index in [1.54, 1.807) is 0 Å². The van der Waals surface area contributed by atoms with Crippen LogP contribution in [0.2, 0.25) is 0 Å². The molecule has 0 spiro atoms. The molecule has 0 saturated heterocycles. The third-order valence-electron chi connectivity index (χ3n) is 13.1. The van der Waals surface area contributed by atoms with Crippen molar-refractivity contribution >= 4 is 66.4 Å². The van der Waals surface area contributed by atoms with Gasteiger partial charge < -0.3 is 0 Å². The molecule has 11 rings (SSSR count). The molecule has 10 aromatic rings. The summed E-state index contributed by atoms with van der Waals surface area (Å²) in [7, 11) is -3.46. The van der Waals surface area contributed by atoms with Crippen LogP contribution in [-0.4, -0.2) is 8.07 Å². The standard InChI is InChI=1S/C65H47Si.3ClH.Ti/c1-8-23-48(24-9-1)55-39-56(49-25-10-2-11-26-49)43-61(42-55)66(65-38-22-37-64(65)54-35-20-7-21-36-54,62-44-57(50-27-12-3-13-28-50)40-58(45-62)51-29-14-4-15-30-51)63-46-59(52-31-16-5-17-32-52)41-60(47-63)53-33-18-6-19-34-53;;;;/h1-21,23-36,38-47H,22H2;3*1H;/q-1;;;;. The molecule has 1 aliphatic rings. The van der Waals surface area contributed by atoms with Crippen molar-refractivity contribution in [1.29, 1.82) is 0 Å². The van der Waals surface area contributed by atoms with E-state index in [0.29, 0.717) is 0 Å². The van der Waals surface area contributed by atoms with Crippen LogP contribution in [0.5, 0.6) is 0 Å². The van der Waals surface area contributed by atoms with E-state index >= 15 is 0 Å². The molecule has 70 heavy (non-hydrogen) atoms. The Hall–Kier alpha value is -6.52. The summed E-state index contributed by atoms with van der Waals surface area (Å²) < 4.78 is 0. The van der Waals surface area contributed by atoms with Gasteiger partial charge in [0.05, 0.1) is 0 Å². The van der Waals surface area contributed by atoms with Crippen molar-refractivity contribution in [3.05, 3.63) is 290 Å². The number of hydrogen-bond acceptors (Lipinski definition) is 0. The summed E-state index contributed by atoms with van der Waals surface area (Å²) in [5.74, 6) is 0. The smallest absolute Gasteiger partial charge is 0.123 e. The second kappa shape index (κ2) is 23.4. The van der Waals surface area contributed by atoms with Crippen LogP contribution >= 0.6 is 37.2 Å². The Bertz CT molecular complexity index is 2870. The van der Waals surface area contributed by atoms with Gasteiger partial charge in [0.15, 0.2) is 0 Å². The summed E-state index contributed by atoms with van der Waals surface area (Å²) in [6.45, 7) is 0. The van der Waals surface area contributed by atoms with Crippen molar-refractivity contribution < 1.29 is 21.7 Å². The van der Waals surface area contributed by atoms with Gasteiger partial charge in [-0.05, 0) is 85.0 Å². The molecule has 0 bridgehead atoms. The molecule has 0 fully saturated rings. The molecular weight excluding hydrogens is 963 g/mol. The molecule has 0 heterocycles. The van der Waals surface area contributed by atoms with Gasteiger partial charge in [-0.25, -0.2) is 0 Å². The fourth-order valence-electron chi connectivity index (χ4n) is 9.94. The van der Waals surface area contributed by atoms with Crippen molar-refractivity contribution in [2.45, 2.75) is 6.42 Å². The van der Waals surface area contributed by atoms with E-state index in [0.717, 1.165) is 6.42 Å². The first-order valence-corrected chi connectivity index (χ1v) is 24.9. The summed E-state index contributed by atoms with van der Waals surface area (Å²) >= 11 is 0. The van der Waals surface area contributed by atoms with Crippen molar-refractivity contribution in [3.63, 3.8) is 0 Å². The van der Waals surface area contributed by atoms with Crippen LogP contribution < -0.4 is 15.6 Å². The van der Waals surface area contributed by atoms with Crippen LogP contribution in [0.3, 0.4) is 0 Å². The zero-order chi connectivity index (χ0) is 44.1. The predicted molar refractivity (Wildman–Crippen MR) is 304 cm³/mol. The van der Waals surface area contributed by atoms with Crippen LogP contribution in [0.4, 0.5) is 0 Å². The largest absolute Gasteiger partial charge is 0.197 e. The van der Waals surface area contributed by atoms with Gasteiger partial charge in [0.25, 0.3) is 0 Å². The third kappa shape index (κ3) is 10.3.